The minimum absolute atomic E-state index is 0.0149. The molecule has 0 saturated heterocycles. The molecule has 0 fully saturated rings. The van der Waals surface area contributed by atoms with E-state index in [1.807, 2.05) is 19.9 Å². The van der Waals surface area contributed by atoms with Gasteiger partial charge >= 0.3 is 5.97 Å². The Bertz CT molecular complexity index is 465. The van der Waals surface area contributed by atoms with Crippen LogP contribution in [-0.4, -0.2) is 32.3 Å². The number of hydrogen-bond acceptors (Lipinski definition) is 4. The lowest BCUT2D eigenvalue weighted by Crippen LogP contribution is -2.30. The van der Waals surface area contributed by atoms with Gasteiger partial charge in [-0.25, -0.2) is 4.79 Å². The van der Waals surface area contributed by atoms with Crippen molar-refractivity contribution in [3.63, 3.8) is 0 Å². The molecule has 1 aromatic carbocycles. The van der Waals surface area contributed by atoms with Crippen molar-refractivity contribution in [1.82, 2.24) is 0 Å². The van der Waals surface area contributed by atoms with Crippen LogP contribution >= 0.6 is 31.9 Å². The number of halogens is 2. The Morgan fingerprint density at radius 2 is 1.89 bits per heavy atom. The highest BCUT2D eigenvalue weighted by molar-refractivity contribution is 9.11. The van der Waals surface area contributed by atoms with Crippen molar-refractivity contribution in [2.75, 3.05) is 19.5 Å². The minimum Gasteiger partial charge on any atom is -0.465 e. The summed E-state index contributed by atoms with van der Waals surface area (Å²) in [5.74, 6) is -0.387. The fourth-order valence-corrected chi connectivity index (χ4v) is 2.88. The number of rotatable bonds is 5. The van der Waals surface area contributed by atoms with Crippen molar-refractivity contribution in [2.45, 2.75) is 26.0 Å². The molecule has 0 aromatic heterocycles. The third-order valence-corrected chi connectivity index (χ3v) is 3.99. The Morgan fingerprint density at radius 3 is 2.42 bits per heavy atom. The van der Waals surface area contributed by atoms with E-state index in [0.717, 1.165) is 8.95 Å². The van der Waals surface area contributed by atoms with E-state index in [1.54, 1.807) is 13.2 Å². The number of ether oxygens (including phenoxy) is 2. The van der Waals surface area contributed by atoms with Crippen LogP contribution in [0.25, 0.3) is 0 Å². The van der Waals surface area contributed by atoms with Gasteiger partial charge in [0.25, 0.3) is 0 Å². The van der Waals surface area contributed by atoms with Gasteiger partial charge in [0.05, 0.1) is 24.5 Å². The number of hydrogen-bond donors (Lipinski definition) is 1. The van der Waals surface area contributed by atoms with E-state index in [4.69, 9.17) is 9.47 Å². The molecule has 0 spiro atoms. The van der Waals surface area contributed by atoms with Crippen molar-refractivity contribution in [1.29, 1.82) is 0 Å². The van der Waals surface area contributed by atoms with E-state index >= 15 is 0 Å². The molecule has 2 atom stereocenters. The molecule has 0 saturated carbocycles. The lowest BCUT2D eigenvalue weighted by Gasteiger charge is -2.23. The van der Waals surface area contributed by atoms with Crippen LogP contribution in [0.5, 0.6) is 0 Å². The molecule has 0 amide bonds. The van der Waals surface area contributed by atoms with Crippen molar-refractivity contribution in [3.8, 4) is 0 Å². The van der Waals surface area contributed by atoms with Crippen LogP contribution in [0.4, 0.5) is 5.69 Å². The fourth-order valence-electron chi connectivity index (χ4n) is 1.54. The van der Waals surface area contributed by atoms with Crippen LogP contribution in [-0.2, 0) is 9.47 Å². The number of esters is 1. The quantitative estimate of drug-likeness (QED) is 0.771. The van der Waals surface area contributed by atoms with E-state index in [2.05, 4.69) is 37.2 Å². The molecule has 106 valence electrons. The maximum absolute atomic E-state index is 11.8. The van der Waals surface area contributed by atoms with Gasteiger partial charge in [-0.3, -0.25) is 0 Å². The molecule has 0 heterocycles. The molecule has 0 bridgehead atoms. The molecule has 1 aromatic rings. The molecule has 1 rings (SSSR count). The van der Waals surface area contributed by atoms with Crippen LogP contribution in [0.15, 0.2) is 21.1 Å². The normalized spacial score (nSPS) is 13.8. The summed E-state index contributed by atoms with van der Waals surface area (Å²) in [6.07, 6.45) is 0.0149. The Labute approximate surface area is 130 Å². The van der Waals surface area contributed by atoms with Gasteiger partial charge in [-0.15, -0.1) is 0 Å². The second-order valence-electron chi connectivity index (χ2n) is 4.18. The molecule has 0 aliphatic rings. The topological polar surface area (TPSA) is 47.6 Å². The standard InChI is InChI=1S/C13H17Br2NO3/c1-7(8(2)18-3)16-12-10(13(17)19-4)5-9(14)6-11(12)15/h5-8,16H,1-4H3. The summed E-state index contributed by atoms with van der Waals surface area (Å²) in [6, 6.07) is 3.65. The predicted octanol–water partition coefficient (Wildman–Crippen LogP) is 3.83. The molecule has 4 nitrogen and oxygen atoms in total. The SMILES string of the molecule is COC(=O)c1cc(Br)cc(Br)c1NC(C)C(C)OC. The highest BCUT2D eigenvalue weighted by atomic mass is 79.9. The molecule has 1 N–H and O–H groups in total. The zero-order valence-corrected chi connectivity index (χ0v) is 14.5. The van der Waals surface area contributed by atoms with Crippen LogP contribution in [0.3, 0.4) is 0 Å². The number of carbonyl (C=O) groups is 1. The number of carbonyl (C=O) groups excluding carboxylic acids is 1. The van der Waals surface area contributed by atoms with Gasteiger partial charge in [0.1, 0.15) is 0 Å². The third-order valence-electron chi connectivity index (χ3n) is 2.91. The first-order valence-electron chi connectivity index (χ1n) is 5.77. The minimum atomic E-state index is -0.387. The molecule has 19 heavy (non-hydrogen) atoms. The lowest BCUT2D eigenvalue weighted by molar-refractivity contribution is 0.0601. The van der Waals surface area contributed by atoms with Crippen molar-refractivity contribution in [2.24, 2.45) is 0 Å². The summed E-state index contributed by atoms with van der Waals surface area (Å²) < 4.78 is 11.7. The smallest absolute Gasteiger partial charge is 0.340 e. The van der Waals surface area contributed by atoms with Crippen molar-refractivity contribution in [3.05, 3.63) is 26.6 Å². The summed E-state index contributed by atoms with van der Waals surface area (Å²) >= 11 is 6.82. The van der Waals surface area contributed by atoms with Crippen LogP contribution in [0, 0.1) is 0 Å². The molecule has 0 radical (unpaired) electrons. The molecule has 6 heteroatoms. The zero-order chi connectivity index (χ0) is 14.6. The van der Waals surface area contributed by atoms with Gasteiger partial charge in [0, 0.05) is 22.1 Å². The van der Waals surface area contributed by atoms with E-state index in [0.29, 0.717) is 11.3 Å². The summed E-state index contributed by atoms with van der Waals surface area (Å²) in [5.41, 5.74) is 1.17. The van der Waals surface area contributed by atoms with E-state index in [9.17, 15) is 4.79 Å². The Hall–Kier alpha value is -0.590. The number of benzene rings is 1. The molecular formula is C13H17Br2NO3. The summed E-state index contributed by atoms with van der Waals surface area (Å²) in [7, 11) is 3.02. The van der Waals surface area contributed by atoms with Gasteiger partial charge in [-0.1, -0.05) is 15.9 Å². The van der Waals surface area contributed by atoms with E-state index in [-0.39, 0.29) is 18.1 Å². The van der Waals surface area contributed by atoms with Gasteiger partial charge < -0.3 is 14.8 Å². The fraction of sp³-hybridized carbons (Fsp3) is 0.462. The van der Waals surface area contributed by atoms with Crippen LogP contribution in [0.2, 0.25) is 0 Å². The predicted molar refractivity (Wildman–Crippen MR) is 82.7 cm³/mol. The average Bonchev–Trinajstić information content (AvgIpc) is 2.39. The highest BCUT2D eigenvalue weighted by Crippen LogP contribution is 2.32. The van der Waals surface area contributed by atoms with Crippen LogP contribution < -0.4 is 5.32 Å². The maximum Gasteiger partial charge on any atom is 0.340 e. The summed E-state index contributed by atoms with van der Waals surface area (Å²) in [6.45, 7) is 3.95. The third kappa shape index (κ3) is 4.19. The first-order valence-corrected chi connectivity index (χ1v) is 7.36. The number of methoxy groups -OCH3 is 2. The second kappa shape index (κ2) is 7.26. The summed E-state index contributed by atoms with van der Waals surface area (Å²) in [5, 5.41) is 3.28. The monoisotopic (exact) mass is 393 g/mol. The number of nitrogens with one attached hydrogen (secondary N) is 1. The van der Waals surface area contributed by atoms with Gasteiger partial charge in [0.15, 0.2) is 0 Å². The average molecular weight is 395 g/mol. The van der Waals surface area contributed by atoms with Crippen LogP contribution in [0.1, 0.15) is 24.2 Å². The number of anilines is 1. The van der Waals surface area contributed by atoms with Gasteiger partial charge in [-0.05, 0) is 41.9 Å². The van der Waals surface area contributed by atoms with E-state index in [1.165, 1.54) is 7.11 Å². The molecule has 0 aliphatic carbocycles. The Morgan fingerprint density at radius 1 is 1.26 bits per heavy atom. The van der Waals surface area contributed by atoms with Crippen molar-refractivity contribution < 1.29 is 14.3 Å². The summed E-state index contributed by atoms with van der Waals surface area (Å²) in [4.78, 5) is 11.8. The molecule has 0 aliphatic heterocycles. The first-order chi connectivity index (χ1) is 8.90. The first kappa shape index (κ1) is 16.5. The molecular weight excluding hydrogens is 378 g/mol. The molecule has 2 unspecified atom stereocenters. The zero-order valence-electron chi connectivity index (χ0n) is 11.3. The maximum atomic E-state index is 11.8. The van der Waals surface area contributed by atoms with Gasteiger partial charge in [0.2, 0.25) is 0 Å². The largest absolute Gasteiger partial charge is 0.465 e. The lowest BCUT2D eigenvalue weighted by atomic mass is 10.1. The highest BCUT2D eigenvalue weighted by Gasteiger charge is 2.19. The second-order valence-corrected chi connectivity index (χ2v) is 5.95. The van der Waals surface area contributed by atoms with Gasteiger partial charge in [-0.2, -0.15) is 0 Å². The Kier molecular flexibility index (Phi) is 6.29. The van der Waals surface area contributed by atoms with Crippen molar-refractivity contribution >= 4 is 43.5 Å². The van der Waals surface area contributed by atoms with E-state index < -0.39 is 0 Å². The Balaban J connectivity index is 3.14.